The first-order chi connectivity index (χ1) is 68.2. The van der Waals surface area contributed by atoms with Crippen LogP contribution in [0, 0.1) is 47.3 Å². The molecule has 4 aliphatic rings. The molecule has 144 heavy (non-hydrogen) atoms. The number of unbranched alkanes of at least 4 members (excludes halogenated alkanes) is 2. The van der Waals surface area contributed by atoms with Crippen molar-refractivity contribution < 1.29 is 93.9 Å². The highest BCUT2D eigenvalue weighted by molar-refractivity contribution is 7.81. The molecule has 6 N–H and O–H groups in total. The molecule has 6 heterocycles. The number of nitrogens with zero attached hydrogens (tertiary/aromatic N) is 8. The molecule has 0 spiro atoms. The lowest BCUT2D eigenvalue weighted by Crippen LogP contribution is -2.58. The van der Waals surface area contributed by atoms with Crippen molar-refractivity contribution >= 4 is 127 Å². The number of halogens is 6. The third-order valence-electron chi connectivity index (χ3n) is 25.4. The van der Waals surface area contributed by atoms with E-state index in [0.29, 0.717) is 42.5 Å². The summed E-state index contributed by atoms with van der Waals surface area (Å²) in [7, 11) is 0. The van der Waals surface area contributed by atoms with E-state index in [1.165, 1.54) is 42.8 Å². The third-order valence-corrected chi connectivity index (χ3v) is 28.3. The predicted octanol–water partition coefficient (Wildman–Crippen LogP) is 18.4. The first kappa shape index (κ1) is 108. The fourth-order valence-corrected chi connectivity index (χ4v) is 20.4. The number of hydrogen-bond acceptors (Lipinski definition) is 20. The number of nitriles is 2. The number of anilines is 4. The molecule has 0 radical (unpaired) electrons. The number of hydrogen-bond donors (Lipinski definition) is 6. The first-order valence-electron chi connectivity index (χ1n) is 47.0. The number of amides is 8. The standard InChI is InChI=1S/C55H59F3N6O7S2.C53H55F3N6O7S2/c1-34-24-27-73-47(34)38-12-10-35(11-13-38)31-60-49(67)45-29-42(65)32-62(45)50(68)48(53(2,3)4)61-46(66)33-70-25-8-7-9-26-71-43-22-17-37(18-23-43)36-14-19-40(20-15-36)64-52(72)63(51(69)54(64,5)6)41-21-16-39(30-59)44(28-41)55(56,57)58;1-32-22-26-71-45(32)36-9-7-33(8-10-36)30-58-47(65)43-28-40(63)31-60(43)48(66)46(51(2,3)4)59-44(64)21-23-68-24-25-69-41-19-14-35(15-20-41)34-11-16-38(17-12-34)62-50(70)61(49(67)52(62,5)6)39-18-13-37(29-57)42(27-39)53(54,55)56/h10-24,27-28,42,45,48,65H,7-9,25-26,29,31-33H2,1-6H3,(H,60,67)(H,61,66);7-20,22,26-27,40,43,46,63H,21,23-25,28,30-31H2,1-6H3,(H,58,65)(H,59,64)/t42-,45+,48-;40-,43+,46-/m11/s1. The lowest BCUT2D eigenvalue weighted by molar-refractivity contribution is -0.144. The van der Waals surface area contributed by atoms with Crippen LogP contribution in [0.2, 0.25) is 0 Å². The number of rotatable bonds is 34. The van der Waals surface area contributed by atoms with Crippen molar-refractivity contribution in [2.24, 2.45) is 10.8 Å². The molecular weight excluding hydrogens is 1930 g/mol. The minimum absolute atomic E-state index is 0.00363. The van der Waals surface area contributed by atoms with Crippen LogP contribution in [-0.4, -0.2) is 178 Å². The number of nitrogens with one attached hydrogen (secondary N) is 4. The Morgan fingerprint density at radius 1 is 0.465 bits per heavy atom. The number of ether oxygens (including phenoxy) is 4. The number of β-amino-alcohol motifs (C(OH)–C–C–N with tert-alkyl or cyclic N) is 2. The molecule has 4 aliphatic heterocycles. The molecule has 4 saturated heterocycles. The second kappa shape index (κ2) is 45.7. The zero-order chi connectivity index (χ0) is 104. The molecule has 756 valence electrons. The fourth-order valence-electron chi connectivity index (χ4n) is 17.5. The van der Waals surface area contributed by atoms with Crippen molar-refractivity contribution in [3.8, 4) is 66.8 Å². The zero-order valence-corrected chi connectivity index (χ0v) is 84.9. The molecule has 0 saturated carbocycles. The van der Waals surface area contributed by atoms with E-state index in [2.05, 4.69) is 52.6 Å². The van der Waals surface area contributed by atoms with Crippen LogP contribution in [0.1, 0.15) is 152 Å². The van der Waals surface area contributed by atoms with Gasteiger partial charge in [-0.25, -0.2) is 0 Å². The summed E-state index contributed by atoms with van der Waals surface area (Å²) in [6.07, 6.45) is -9.04. The predicted molar refractivity (Wildman–Crippen MR) is 548 cm³/mol. The summed E-state index contributed by atoms with van der Waals surface area (Å²) in [5.41, 5.74) is 3.53. The maximum absolute atomic E-state index is 14.0. The number of benzene rings is 8. The quantitative estimate of drug-likeness (QED) is 0.0124. The molecule has 0 aliphatic carbocycles. The SMILES string of the molecule is Cc1ccsc1-c1ccc(CNC(=O)[C@@H]2C[C@@H](O)CN2C(=O)[C@@H](NC(=O)CCOCCOc2ccc(-c3ccc(N4C(=S)N(c5ccc(C#N)c(C(F)(F)F)c5)C(=O)C4(C)C)cc3)cc2)C(C)(C)C)cc1.Cc1ccsc1-c1ccc(CNC(=O)[C@@H]2C[C@@H](O)CN2C(=O)[C@@H](NC(=O)COCCCCCOc2ccc(-c3ccc(N4C(=S)N(c5ccc(C#N)c(C(F)(F)F)c5)C(=O)C4(C)C)cc3)cc2)C(C)(C)C)cc1. The highest BCUT2D eigenvalue weighted by Gasteiger charge is 2.54. The smallest absolute Gasteiger partial charge is 0.417 e. The summed E-state index contributed by atoms with van der Waals surface area (Å²) in [6.45, 7) is 23.1. The van der Waals surface area contributed by atoms with E-state index >= 15 is 0 Å². The van der Waals surface area contributed by atoms with Crippen LogP contribution in [0.15, 0.2) is 205 Å². The van der Waals surface area contributed by atoms with Gasteiger partial charge in [0.05, 0.1) is 77.8 Å². The van der Waals surface area contributed by atoms with Crippen molar-refractivity contribution in [3.63, 3.8) is 0 Å². The molecule has 2 aromatic heterocycles. The van der Waals surface area contributed by atoms with Crippen LogP contribution in [-0.2, 0) is 73.3 Å². The van der Waals surface area contributed by atoms with Gasteiger partial charge in [0, 0.05) is 73.2 Å². The molecule has 8 amide bonds. The van der Waals surface area contributed by atoms with E-state index in [9.17, 15) is 85.4 Å². The summed E-state index contributed by atoms with van der Waals surface area (Å²) in [5.74, 6) is -2.29. The van der Waals surface area contributed by atoms with Gasteiger partial charge in [0.1, 0.15) is 60.0 Å². The molecule has 10 aromatic rings. The molecule has 0 bridgehead atoms. The van der Waals surface area contributed by atoms with Crippen LogP contribution in [0.5, 0.6) is 11.5 Å². The number of aliphatic hydroxyl groups excluding tert-OH is 2. The van der Waals surface area contributed by atoms with Gasteiger partial charge in [-0.1, -0.05) is 139 Å². The van der Waals surface area contributed by atoms with E-state index in [1.807, 2.05) is 156 Å². The molecule has 8 aromatic carbocycles. The Balaban J connectivity index is 0.000000242. The van der Waals surface area contributed by atoms with Gasteiger partial charge < -0.3 is 70.0 Å². The van der Waals surface area contributed by atoms with Crippen molar-refractivity contribution in [2.75, 3.05) is 72.3 Å². The van der Waals surface area contributed by atoms with Gasteiger partial charge in [-0.3, -0.25) is 48.2 Å². The highest BCUT2D eigenvalue weighted by atomic mass is 32.1. The number of aryl methyl sites for hydroxylation is 2. The summed E-state index contributed by atoms with van der Waals surface area (Å²) in [5, 5.41) is 55.3. The Morgan fingerprint density at radius 3 is 1.19 bits per heavy atom. The monoisotopic (exact) mass is 2040 g/mol. The van der Waals surface area contributed by atoms with Crippen molar-refractivity contribution in [1.82, 2.24) is 31.1 Å². The molecule has 36 heteroatoms. The molecule has 14 rings (SSSR count). The summed E-state index contributed by atoms with van der Waals surface area (Å²) in [6, 6.07) is 55.0. The van der Waals surface area contributed by atoms with Crippen LogP contribution >= 0.6 is 47.1 Å². The minimum atomic E-state index is -4.81. The number of thiophene rings is 2. The summed E-state index contributed by atoms with van der Waals surface area (Å²) < 4.78 is 106. The van der Waals surface area contributed by atoms with Gasteiger partial charge >= 0.3 is 12.4 Å². The number of likely N-dealkylation sites (tertiary alicyclic amines) is 2. The second-order valence-corrected chi connectivity index (χ2v) is 41.4. The van der Waals surface area contributed by atoms with Gasteiger partial charge in [0.2, 0.25) is 35.4 Å². The molecule has 0 unspecified atom stereocenters. The van der Waals surface area contributed by atoms with E-state index in [4.69, 9.17) is 43.4 Å². The molecule has 26 nitrogen and oxygen atoms in total. The number of carbonyl (C=O) groups excluding carboxylic acids is 8. The lowest BCUT2D eigenvalue weighted by Gasteiger charge is -2.35. The first-order valence-corrected chi connectivity index (χ1v) is 49.5. The van der Waals surface area contributed by atoms with Crippen molar-refractivity contribution in [3.05, 3.63) is 249 Å². The van der Waals surface area contributed by atoms with Crippen LogP contribution in [0.25, 0.3) is 43.1 Å². The largest absolute Gasteiger partial charge is 0.494 e. The van der Waals surface area contributed by atoms with E-state index in [1.54, 1.807) is 109 Å². The highest BCUT2D eigenvalue weighted by Crippen LogP contribution is 2.45. The Morgan fingerprint density at radius 2 is 0.826 bits per heavy atom. The Hall–Kier alpha value is -13.3. The minimum Gasteiger partial charge on any atom is -0.494 e. The summed E-state index contributed by atoms with van der Waals surface area (Å²) in [4.78, 5) is 119. The maximum atomic E-state index is 14.0. The van der Waals surface area contributed by atoms with Gasteiger partial charge in [-0.2, -0.15) is 36.9 Å². The van der Waals surface area contributed by atoms with Gasteiger partial charge in [-0.15, -0.1) is 22.7 Å². The number of aliphatic hydroxyl groups is 2. The zero-order valence-electron chi connectivity index (χ0n) is 81.7. The van der Waals surface area contributed by atoms with Crippen molar-refractivity contribution in [1.29, 1.82) is 10.5 Å². The van der Waals surface area contributed by atoms with E-state index in [-0.39, 0.29) is 105 Å². The average Bonchev–Trinajstić information content (AvgIpc) is 1.58. The van der Waals surface area contributed by atoms with Gasteiger partial charge in [-0.05, 0) is 260 Å². The second-order valence-electron chi connectivity index (χ2n) is 38.8. The molecule has 6 atom stereocenters. The van der Waals surface area contributed by atoms with E-state index < -0.39 is 128 Å². The number of carbonyl (C=O) groups is 8. The number of alkyl halides is 6. The van der Waals surface area contributed by atoms with Crippen LogP contribution < -0.4 is 50.3 Å². The van der Waals surface area contributed by atoms with Crippen molar-refractivity contribution in [2.45, 2.75) is 195 Å². The average molecular weight is 2050 g/mol. The van der Waals surface area contributed by atoms with Crippen LogP contribution in [0.4, 0.5) is 49.1 Å². The van der Waals surface area contributed by atoms with E-state index in [0.717, 1.165) is 91.4 Å². The number of thiocarbonyl (C=S) groups is 2. The Labute approximate surface area is 851 Å². The van der Waals surface area contributed by atoms with Crippen LogP contribution in [0.3, 0.4) is 0 Å². The maximum Gasteiger partial charge on any atom is 0.417 e. The normalized spacial score (nSPS) is 17.2. The Bertz CT molecular complexity index is 6450. The van der Waals surface area contributed by atoms with Gasteiger partial charge in [0.25, 0.3) is 11.8 Å². The summed E-state index contributed by atoms with van der Waals surface area (Å²) >= 11 is 14.7. The topological polar surface area (TPSA) is 329 Å². The van der Waals surface area contributed by atoms with Gasteiger partial charge in [0.15, 0.2) is 10.2 Å². The third kappa shape index (κ3) is 25.5. The Kier molecular flexibility index (Phi) is 34.3. The molecule has 4 fully saturated rings. The molecular formula is C108H114F6N12O14S4. The lowest BCUT2D eigenvalue weighted by atomic mass is 9.85. The fraction of sp³-hybridized carbons (Fsp3) is 0.370.